The summed E-state index contributed by atoms with van der Waals surface area (Å²) in [5, 5.41) is 5.19. The highest BCUT2D eigenvalue weighted by molar-refractivity contribution is 8.14. The molecule has 2 unspecified atom stereocenters. The average Bonchev–Trinajstić information content (AvgIpc) is 2.89. The van der Waals surface area contributed by atoms with Crippen LogP contribution in [-0.4, -0.2) is 23.0 Å². The van der Waals surface area contributed by atoms with Gasteiger partial charge >= 0.3 is 0 Å². The Bertz CT molecular complexity index is 348. The van der Waals surface area contributed by atoms with Crippen LogP contribution < -0.4 is 5.32 Å². The SMILES string of the molecule is CCC1CN=C(NC(C)Cc2ccco2)S1. The first-order chi connectivity index (χ1) is 7.78. The van der Waals surface area contributed by atoms with E-state index in [4.69, 9.17) is 4.42 Å². The molecule has 0 saturated carbocycles. The van der Waals surface area contributed by atoms with E-state index in [9.17, 15) is 0 Å². The summed E-state index contributed by atoms with van der Waals surface area (Å²) >= 11 is 1.86. The summed E-state index contributed by atoms with van der Waals surface area (Å²) in [5.41, 5.74) is 0. The van der Waals surface area contributed by atoms with Gasteiger partial charge in [-0.05, 0) is 25.5 Å². The van der Waals surface area contributed by atoms with Gasteiger partial charge < -0.3 is 9.73 Å². The number of furan rings is 1. The Morgan fingerprint density at radius 2 is 2.56 bits per heavy atom. The smallest absolute Gasteiger partial charge is 0.157 e. The van der Waals surface area contributed by atoms with E-state index in [1.54, 1.807) is 6.26 Å². The van der Waals surface area contributed by atoms with Crippen LogP contribution in [0, 0.1) is 0 Å². The summed E-state index contributed by atoms with van der Waals surface area (Å²) in [5.74, 6) is 1.02. The summed E-state index contributed by atoms with van der Waals surface area (Å²) in [6.45, 7) is 5.32. The first-order valence-electron chi connectivity index (χ1n) is 5.78. The van der Waals surface area contributed by atoms with Crippen molar-refractivity contribution < 1.29 is 4.42 Å². The van der Waals surface area contributed by atoms with Crippen molar-refractivity contribution in [3.05, 3.63) is 24.2 Å². The molecule has 0 bridgehead atoms. The average molecular weight is 238 g/mol. The lowest BCUT2D eigenvalue weighted by Crippen LogP contribution is -2.31. The zero-order valence-corrected chi connectivity index (χ0v) is 10.6. The second-order valence-electron chi connectivity index (χ2n) is 4.12. The highest BCUT2D eigenvalue weighted by Crippen LogP contribution is 2.22. The molecule has 2 atom stereocenters. The number of nitrogens with one attached hydrogen (secondary N) is 1. The van der Waals surface area contributed by atoms with E-state index in [-0.39, 0.29) is 0 Å². The fraction of sp³-hybridized carbons (Fsp3) is 0.583. The molecule has 4 heteroatoms. The van der Waals surface area contributed by atoms with Crippen molar-refractivity contribution in [2.75, 3.05) is 6.54 Å². The molecule has 3 nitrogen and oxygen atoms in total. The molecule has 0 aliphatic carbocycles. The van der Waals surface area contributed by atoms with Crippen LogP contribution in [0.2, 0.25) is 0 Å². The maximum Gasteiger partial charge on any atom is 0.157 e. The Morgan fingerprint density at radius 3 is 3.19 bits per heavy atom. The van der Waals surface area contributed by atoms with Crippen molar-refractivity contribution in [3.8, 4) is 0 Å². The molecule has 0 spiro atoms. The molecule has 1 aliphatic rings. The summed E-state index contributed by atoms with van der Waals surface area (Å²) in [6.07, 6.45) is 3.81. The fourth-order valence-electron chi connectivity index (χ4n) is 1.70. The first kappa shape index (κ1) is 11.6. The van der Waals surface area contributed by atoms with E-state index in [1.807, 2.05) is 23.9 Å². The van der Waals surface area contributed by atoms with Crippen molar-refractivity contribution in [2.24, 2.45) is 4.99 Å². The summed E-state index contributed by atoms with van der Waals surface area (Å²) in [4.78, 5) is 4.50. The maximum atomic E-state index is 5.32. The van der Waals surface area contributed by atoms with Gasteiger partial charge in [-0.2, -0.15) is 0 Å². The van der Waals surface area contributed by atoms with Gasteiger partial charge in [-0.15, -0.1) is 0 Å². The minimum Gasteiger partial charge on any atom is -0.469 e. The lowest BCUT2D eigenvalue weighted by molar-refractivity contribution is 0.482. The lowest BCUT2D eigenvalue weighted by Gasteiger charge is -2.13. The summed E-state index contributed by atoms with van der Waals surface area (Å²) in [7, 11) is 0. The van der Waals surface area contributed by atoms with Crippen LogP contribution in [0.5, 0.6) is 0 Å². The van der Waals surface area contributed by atoms with Gasteiger partial charge in [-0.25, -0.2) is 0 Å². The Morgan fingerprint density at radius 1 is 1.69 bits per heavy atom. The molecule has 1 N–H and O–H groups in total. The molecule has 1 aromatic heterocycles. The number of hydrogen-bond acceptors (Lipinski definition) is 4. The molecule has 0 amide bonds. The molecule has 1 aromatic rings. The lowest BCUT2D eigenvalue weighted by atomic mass is 10.2. The molecule has 2 heterocycles. The van der Waals surface area contributed by atoms with E-state index in [0.29, 0.717) is 11.3 Å². The molecule has 1 aliphatic heterocycles. The third-order valence-corrected chi connectivity index (χ3v) is 3.92. The van der Waals surface area contributed by atoms with Gasteiger partial charge in [0.2, 0.25) is 0 Å². The van der Waals surface area contributed by atoms with E-state index in [1.165, 1.54) is 6.42 Å². The van der Waals surface area contributed by atoms with Crippen LogP contribution >= 0.6 is 11.8 Å². The minimum absolute atomic E-state index is 0.369. The van der Waals surface area contributed by atoms with Crippen LogP contribution in [0.4, 0.5) is 0 Å². The van der Waals surface area contributed by atoms with E-state index in [2.05, 4.69) is 24.2 Å². The van der Waals surface area contributed by atoms with Gasteiger partial charge in [0, 0.05) is 17.7 Å². The molecule has 2 rings (SSSR count). The van der Waals surface area contributed by atoms with Crippen LogP contribution in [0.3, 0.4) is 0 Å². The van der Waals surface area contributed by atoms with Crippen molar-refractivity contribution in [1.29, 1.82) is 0 Å². The van der Waals surface area contributed by atoms with E-state index >= 15 is 0 Å². The summed E-state index contributed by atoms with van der Waals surface area (Å²) < 4.78 is 5.32. The largest absolute Gasteiger partial charge is 0.469 e. The highest BCUT2D eigenvalue weighted by Gasteiger charge is 2.19. The predicted octanol–water partition coefficient (Wildman–Crippen LogP) is 2.68. The Labute approximate surface area is 101 Å². The van der Waals surface area contributed by atoms with Gasteiger partial charge in [-0.3, -0.25) is 4.99 Å². The fourth-order valence-corrected chi connectivity index (χ4v) is 2.75. The first-order valence-corrected chi connectivity index (χ1v) is 6.66. The summed E-state index contributed by atoms with van der Waals surface area (Å²) in [6, 6.07) is 4.31. The number of rotatable bonds is 4. The quantitative estimate of drug-likeness (QED) is 0.876. The second-order valence-corrected chi connectivity index (χ2v) is 5.41. The minimum atomic E-state index is 0.369. The zero-order valence-electron chi connectivity index (χ0n) is 9.77. The predicted molar refractivity (Wildman–Crippen MR) is 69.0 cm³/mol. The number of nitrogens with zero attached hydrogens (tertiary/aromatic N) is 1. The Balaban J connectivity index is 1.78. The van der Waals surface area contributed by atoms with Crippen molar-refractivity contribution in [3.63, 3.8) is 0 Å². The van der Waals surface area contributed by atoms with Crippen molar-refractivity contribution in [2.45, 2.75) is 38.0 Å². The second kappa shape index (κ2) is 5.43. The van der Waals surface area contributed by atoms with Crippen molar-refractivity contribution in [1.82, 2.24) is 5.32 Å². The van der Waals surface area contributed by atoms with Gasteiger partial charge in [0.05, 0.1) is 12.8 Å². The zero-order chi connectivity index (χ0) is 11.4. The molecular weight excluding hydrogens is 220 g/mol. The standard InChI is InChI=1S/C12H18N2OS/c1-3-11-8-13-12(16-11)14-9(2)7-10-5-4-6-15-10/h4-6,9,11H,3,7-8H2,1-2H3,(H,13,14). The van der Waals surface area contributed by atoms with Crippen LogP contribution in [0.25, 0.3) is 0 Å². The molecule has 0 fully saturated rings. The number of thioether (sulfide) groups is 1. The molecular formula is C12H18N2OS. The third-order valence-electron chi connectivity index (χ3n) is 2.63. The van der Waals surface area contributed by atoms with Gasteiger partial charge in [0.15, 0.2) is 5.17 Å². The Hall–Kier alpha value is -0.900. The molecule has 0 saturated heterocycles. The topological polar surface area (TPSA) is 37.5 Å². The van der Waals surface area contributed by atoms with Crippen LogP contribution in [0.15, 0.2) is 27.8 Å². The molecule has 0 aromatic carbocycles. The molecule has 0 radical (unpaired) electrons. The maximum absolute atomic E-state index is 5.32. The van der Waals surface area contributed by atoms with Crippen molar-refractivity contribution >= 4 is 16.9 Å². The normalized spacial score (nSPS) is 21.9. The highest BCUT2D eigenvalue weighted by atomic mass is 32.2. The molecule has 16 heavy (non-hydrogen) atoms. The van der Waals surface area contributed by atoms with E-state index < -0.39 is 0 Å². The number of hydrogen-bond donors (Lipinski definition) is 1. The van der Waals surface area contributed by atoms with Crippen LogP contribution in [-0.2, 0) is 6.42 Å². The number of aliphatic imine (C=N–C) groups is 1. The monoisotopic (exact) mass is 238 g/mol. The van der Waals surface area contributed by atoms with Gasteiger partial charge in [-0.1, -0.05) is 18.7 Å². The third kappa shape index (κ3) is 3.04. The van der Waals surface area contributed by atoms with Gasteiger partial charge in [0.25, 0.3) is 0 Å². The van der Waals surface area contributed by atoms with Crippen LogP contribution in [0.1, 0.15) is 26.0 Å². The molecule has 88 valence electrons. The number of amidine groups is 1. The van der Waals surface area contributed by atoms with Gasteiger partial charge in [0.1, 0.15) is 5.76 Å². The van der Waals surface area contributed by atoms with E-state index in [0.717, 1.165) is 23.9 Å². The Kier molecular flexibility index (Phi) is 3.93.